The van der Waals surface area contributed by atoms with Gasteiger partial charge in [-0.1, -0.05) is 224 Å². The van der Waals surface area contributed by atoms with Crippen LogP contribution in [-0.2, 0) is 42.9 Å². The number of carboxylic acid groups (broad SMARTS) is 1. The number of carbonyl (C=O) groups is 4. The van der Waals surface area contributed by atoms with Crippen molar-refractivity contribution < 1.29 is 58.2 Å². The van der Waals surface area contributed by atoms with Gasteiger partial charge < -0.3 is 39.0 Å². The lowest BCUT2D eigenvalue weighted by Gasteiger charge is -2.40. The molecule has 0 saturated carbocycles. The van der Waals surface area contributed by atoms with Crippen molar-refractivity contribution in [2.75, 3.05) is 13.2 Å². The van der Waals surface area contributed by atoms with Crippen LogP contribution in [0.4, 0.5) is 0 Å². The highest BCUT2D eigenvalue weighted by molar-refractivity contribution is 5.74. The Kier molecular flexibility index (Phi) is 51.6. The van der Waals surface area contributed by atoms with E-state index in [2.05, 4.69) is 161 Å². The fraction of sp³-hybridized carbons (Fsp3) is 0.577. The van der Waals surface area contributed by atoms with Crippen LogP contribution in [0, 0.1) is 0 Å². The van der Waals surface area contributed by atoms with Crippen LogP contribution in [0.3, 0.4) is 0 Å². The lowest BCUT2D eigenvalue weighted by Crippen LogP contribution is -2.61. The number of carboxylic acids is 1. The van der Waals surface area contributed by atoms with Gasteiger partial charge in [-0.2, -0.15) is 0 Å². The number of carbonyl (C=O) groups excluding carboxylic acids is 3. The zero-order valence-electron chi connectivity index (χ0n) is 51.1. The van der Waals surface area contributed by atoms with Crippen LogP contribution in [0.15, 0.2) is 158 Å². The van der Waals surface area contributed by atoms with Crippen molar-refractivity contribution in [2.45, 2.75) is 250 Å². The fourth-order valence-corrected chi connectivity index (χ4v) is 8.40. The Morgan fingerprint density at radius 2 is 0.747 bits per heavy atom. The molecule has 0 aliphatic carbocycles. The van der Waals surface area contributed by atoms with E-state index in [0.717, 1.165) is 148 Å². The molecule has 464 valence electrons. The minimum absolute atomic E-state index is 0.0776. The van der Waals surface area contributed by atoms with Crippen LogP contribution in [0.5, 0.6) is 0 Å². The van der Waals surface area contributed by atoms with E-state index < -0.39 is 67.3 Å². The summed E-state index contributed by atoms with van der Waals surface area (Å²) < 4.78 is 28.4. The summed E-state index contributed by atoms with van der Waals surface area (Å²) in [5, 5.41) is 31.6. The molecule has 0 aromatic heterocycles. The number of hydrogen-bond donors (Lipinski definition) is 3. The van der Waals surface area contributed by atoms with Crippen molar-refractivity contribution >= 4 is 23.9 Å². The van der Waals surface area contributed by atoms with Gasteiger partial charge in [-0.25, -0.2) is 4.79 Å². The predicted molar refractivity (Wildman–Crippen MR) is 339 cm³/mol. The summed E-state index contributed by atoms with van der Waals surface area (Å²) in [5.41, 5.74) is 0. The smallest absolute Gasteiger partial charge is 0.335 e. The number of ether oxygens (including phenoxy) is 5. The summed E-state index contributed by atoms with van der Waals surface area (Å²) in [6.07, 6.45) is 70.7. The number of allylic oxidation sites excluding steroid dienone is 26. The third-order valence-corrected chi connectivity index (χ3v) is 13.1. The van der Waals surface area contributed by atoms with Gasteiger partial charge in [0.2, 0.25) is 0 Å². The van der Waals surface area contributed by atoms with E-state index in [1.165, 1.54) is 0 Å². The Balaban J connectivity index is 2.75. The Hall–Kier alpha value is -5.66. The third-order valence-electron chi connectivity index (χ3n) is 13.1. The zero-order chi connectivity index (χ0) is 60.3. The van der Waals surface area contributed by atoms with Crippen molar-refractivity contribution in [1.29, 1.82) is 0 Å². The topological polar surface area (TPSA) is 175 Å². The van der Waals surface area contributed by atoms with Gasteiger partial charge in [-0.3, -0.25) is 14.4 Å². The monoisotopic (exact) mass is 1150 g/mol. The maximum absolute atomic E-state index is 13.2. The maximum atomic E-state index is 13.2. The summed E-state index contributed by atoms with van der Waals surface area (Å²) in [4.78, 5) is 51.3. The summed E-state index contributed by atoms with van der Waals surface area (Å²) in [6.45, 7) is 5.59. The van der Waals surface area contributed by atoms with Crippen LogP contribution in [-0.4, -0.2) is 89.2 Å². The van der Waals surface area contributed by atoms with Gasteiger partial charge in [-0.05, 0) is 128 Å². The zero-order valence-corrected chi connectivity index (χ0v) is 51.1. The van der Waals surface area contributed by atoms with Crippen molar-refractivity contribution in [1.82, 2.24) is 0 Å². The van der Waals surface area contributed by atoms with E-state index in [0.29, 0.717) is 25.7 Å². The molecule has 1 fully saturated rings. The van der Waals surface area contributed by atoms with Gasteiger partial charge in [0, 0.05) is 19.3 Å². The summed E-state index contributed by atoms with van der Waals surface area (Å²) in [7, 11) is 0. The first-order chi connectivity index (χ1) is 40.6. The van der Waals surface area contributed by atoms with E-state index in [-0.39, 0.29) is 25.9 Å². The molecule has 1 rings (SSSR count). The van der Waals surface area contributed by atoms with Crippen LogP contribution in [0.1, 0.15) is 213 Å². The molecule has 0 aromatic carbocycles. The number of unbranched alkanes of at least 4 members (excludes halogenated alkanes) is 11. The third kappa shape index (κ3) is 46.4. The van der Waals surface area contributed by atoms with Gasteiger partial charge in [0.25, 0.3) is 0 Å². The van der Waals surface area contributed by atoms with Crippen LogP contribution in [0.2, 0.25) is 0 Å². The molecule has 0 spiro atoms. The average Bonchev–Trinajstić information content (AvgIpc) is 3.55. The Morgan fingerprint density at radius 3 is 1.14 bits per heavy atom. The van der Waals surface area contributed by atoms with Crippen molar-refractivity contribution in [3.8, 4) is 0 Å². The minimum atomic E-state index is -1.94. The van der Waals surface area contributed by atoms with E-state index in [1.807, 2.05) is 18.2 Å². The lowest BCUT2D eigenvalue weighted by molar-refractivity contribution is -0.301. The molecule has 6 unspecified atom stereocenters. The predicted octanol–water partition coefficient (Wildman–Crippen LogP) is 16.9. The number of aliphatic carboxylic acids is 1. The second-order valence-corrected chi connectivity index (χ2v) is 20.5. The summed E-state index contributed by atoms with van der Waals surface area (Å²) in [6, 6.07) is 0. The van der Waals surface area contributed by atoms with Crippen molar-refractivity contribution in [3.05, 3.63) is 158 Å². The van der Waals surface area contributed by atoms with E-state index in [1.54, 1.807) is 0 Å². The molecule has 3 N–H and O–H groups in total. The second-order valence-electron chi connectivity index (χ2n) is 20.5. The Bertz CT molecular complexity index is 2050. The van der Waals surface area contributed by atoms with E-state index in [9.17, 15) is 34.5 Å². The number of aliphatic hydroxyl groups excluding tert-OH is 2. The number of rotatable bonds is 51. The quantitative estimate of drug-likeness (QED) is 0.0228. The van der Waals surface area contributed by atoms with Gasteiger partial charge in [0.15, 0.2) is 24.6 Å². The molecule has 1 heterocycles. The van der Waals surface area contributed by atoms with Gasteiger partial charge in [0.1, 0.15) is 18.8 Å². The Labute approximate surface area is 501 Å². The standard InChI is InChI=1S/C71H108O12/c1-4-7-10-13-16-19-22-25-28-31-32-35-38-41-44-47-50-53-56-59-65(74)82-69-67(76)66(75)68(70(77)78)83-71(69)80-61-62(81-64(73)58-55-52-49-46-43-40-37-34-30-27-24-21-18-15-12-9-6-3)60-79-63(72)57-54-51-48-45-42-39-36-33-29-26-23-20-17-14-11-8-5-2/h7-12,16-21,25-30,32,35-36,39,41,44,50,53,62,66-69,71,75-76H,4-6,13-15,22-24,31,33-34,37-38,40,42-43,45-49,51-52,54-61H2,1-3H3,(H,77,78)/b10-7-,11-8-,12-9-,19-16-,20-17-,21-18-,28-25-,29-26-,30-27-,35-32-,39-36-,44-41-,53-50-. The molecule has 0 radical (unpaired) electrons. The number of esters is 3. The largest absolute Gasteiger partial charge is 0.479 e. The molecule has 0 aromatic rings. The molecule has 0 amide bonds. The normalized spacial score (nSPS) is 18.7. The highest BCUT2D eigenvalue weighted by Gasteiger charge is 2.50. The van der Waals surface area contributed by atoms with Gasteiger partial charge in [0.05, 0.1) is 6.61 Å². The molecular weight excluding hydrogens is 1040 g/mol. The first-order valence-corrected chi connectivity index (χ1v) is 31.5. The Morgan fingerprint density at radius 1 is 0.398 bits per heavy atom. The average molecular weight is 1150 g/mol. The molecule has 12 heteroatoms. The number of aliphatic hydroxyl groups is 2. The molecule has 1 saturated heterocycles. The fourth-order valence-electron chi connectivity index (χ4n) is 8.40. The molecular formula is C71H108O12. The maximum Gasteiger partial charge on any atom is 0.335 e. The first kappa shape index (κ1) is 75.4. The van der Waals surface area contributed by atoms with Gasteiger partial charge in [-0.15, -0.1) is 0 Å². The van der Waals surface area contributed by atoms with E-state index >= 15 is 0 Å². The highest BCUT2D eigenvalue weighted by atomic mass is 16.7. The van der Waals surface area contributed by atoms with Gasteiger partial charge >= 0.3 is 23.9 Å². The SMILES string of the molecule is CC/C=C\C/C=C\C/C=C\C/C=C\C/C=C\C/C=C\CCC(=O)OC1C(OCC(COC(=O)CCCCCC/C=C\C/C=C\C/C=C\C/C=C\CC)OC(=O)CCCCCCCCC/C=C\C/C=C\C/C=C\CC)OC(C(=O)O)C(O)C1O. The molecule has 6 atom stereocenters. The van der Waals surface area contributed by atoms with Crippen LogP contribution >= 0.6 is 0 Å². The molecule has 1 aliphatic heterocycles. The summed E-state index contributed by atoms with van der Waals surface area (Å²) in [5.74, 6) is -3.30. The molecule has 12 nitrogen and oxygen atoms in total. The second kappa shape index (κ2) is 56.8. The van der Waals surface area contributed by atoms with Crippen LogP contribution in [0.25, 0.3) is 0 Å². The molecule has 0 bridgehead atoms. The van der Waals surface area contributed by atoms with E-state index in [4.69, 9.17) is 23.7 Å². The highest BCUT2D eigenvalue weighted by Crippen LogP contribution is 2.26. The lowest BCUT2D eigenvalue weighted by atomic mass is 9.98. The number of hydrogen-bond acceptors (Lipinski definition) is 11. The van der Waals surface area contributed by atoms with Crippen molar-refractivity contribution in [3.63, 3.8) is 0 Å². The van der Waals surface area contributed by atoms with Crippen molar-refractivity contribution in [2.24, 2.45) is 0 Å². The first-order valence-electron chi connectivity index (χ1n) is 31.5. The molecule has 83 heavy (non-hydrogen) atoms. The summed E-state index contributed by atoms with van der Waals surface area (Å²) >= 11 is 0. The van der Waals surface area contributed by atoms with Crippen LogP contribution < -0.4 is 0 Å². The minimum Gasteiger partial charge on any atom is -0.479 e. The molecule has 1 aliphatic rings.